The van der Waals surface area contributed by atoms with Gasteiger partial charge in [0.25, 0.3) is 0 Å². The molecule has 5 rings (SSSR count). The number of nitrogens with one attached hydrogen (secondary N) is 2. The minimum atomic E-state index is -0.732. The minimum Gasteiger partial charge on any atom is -0.389 e. The van der Waals surface area contributed by atoms with Crippen LogP contribution < -0.4 is 5.32 Å². The highest BCUT2D eigenvalue weighted by molar-refractivity contribution is 5.83. The molecule has 1 aromatic carbocycles. The maximum Gasteiger partial charge on any atom is 0.163 e. The highest BCUT2D eigenvalue weighted by atomic mass is 19.1. The zero-order valence-electron chi connectivity index (χ0n) is 16.9. The average molecular weight is 416 g/mol. The maximum atomic E-state index is 13.7. The van der Waals surface area contributed by atoms with Gasteiger partial charge in [0, 0.05) is 47.0 Å². The van der Waals surface area contributed by atoms with Crippen LogP contribution in [0.2, 0.25) is 0 Å². The van der Waals surface area contributed by atoms with E-state index in [-0.39, 0.29) is 0 Å². The first kappa shape index (κ1) is 19.2. The molecule has 0 spiro atoms. The Morgan fingerprint density at radius 1 is 1.19 bits per heavy atom. The third-order valence-electron chi connectivity index (χ3n) is 5.33. The van der Waals surface area contributed by atoms with E-state index in [9.17, 15) is 9.50 Å². The first-order valence-electron chi connectivity index (χ1n) is 10.1. The fraction of sp³-hybridized carbons (Fsp3) is 0.174. The van der Waals surface area contributed by atoms with E-state index in [1.807, 2.05) is 24.4 Å². The summed E-state index contributed by atoms with van der Waals surface area (Å²) in [7, 11) is 0. The molecule has 3 N–H and O–H groups in total. The molecule has 0 radical (unpaired) electrons. The summed E-state index contributed by atoms with van der Waals surface area (Å²) in [5.41, 5.74) is 4.56. The Hall–Kier alpha value is -3.78. The van der Waals surface area contributed by atoms with Crippen molar-refractivity contribution in [2.24, 2.45) is 0 Å². The second-order valence-electron chi connectivity index (χ2n) is 7.47. The number of benzene rings is 1. The second-order valence-corrected chi connectivity index (χ2v) is 7.47. The van der Waals surface area contributed by atoms with Gasteiger partial charge in [0.1, 0.15) is 11.6 Å². The number of para-hydroxylation sites is 1. The molecule has 0 fully saturated rings. The van der Waals surface area contributed by atoms with Gasteiger partial charge in [-0.15, -0.1) is 0 Å². The lowest BCUT2D eigenvalue weighted by Crippen LogP contribution is -2.10. The van der Waals surface area contributed by atoms with Crippen LogP contribution in [0.5, 0.6) is 0 Å². The van der Waals surface area contributed by atoms with E-state index in [0.29, 0.717) is 34.8 Å². The van der Waals surface area contributed by atoms with Gasteiger partial charge in [-0.05, 0) is 31.0 Å². The van der Waals surface area contributed by atoms with E-state index in [4.69, 9.17) is 0 Å². The van der Waals surface area contributed by atoms with Crippen molar-refractivity contribution in [3.8, 4) is 11.3 Å². The number of aliphatic hydroxyl groups excluding tert-OH is 1. The number of H-pyrrole nitrogens is 1. The maximum absolute atomic E-state index is 13.7. The van der Waals surface area contributed by atoms with Crippen LogP contribution in [0.3, 0.4) is 0 Å². The van der Waals surface area contributed by atoms with E-state index >= 15 is 0 Å². The Morgan fingerprint density at radius 2 is 2.06 bits per heavy atom. The topological polar surface area (TPSA) is 91.1 Å². The zero-order valence-corrected chi connectivity index (χ0v) is 16.9. The summed E-state index contributed by atoms with van der Waals surface area (Å²) in [4.78, 5) is 11.8. The number of fused-ring (bicyclic) bond motifs is 2. The van der Waals surface area contributed by atoms with Gasteiger partial charge in [0.15, 0.2) is 5.65 Å². The van der Waals surface area contributed by atoms with Crippen LogP contribution in [0.15, 0.2) is 61.2 Å². The molecule has 7 nitrogen and oxygen atoms in total. The average Bonchev–Trinajstić information content (AvgIpc) is 3.38. The Morgan fingerprint density at radius 3 is 2.90 bits per heavy atom. The number of aliphatic hydroxyl groups is 1. The molecule has 0 aliphatic rings. The minimum absolute atomic E-state index is 0.433. The van der Waals surface area contributed by atoms with Crippen LogP contribution in [0.4, 0.5) is 10.2 Å². The van der Waals surface area contributed by atoms with Crippen molar-refractivity contribution in [2.75, 3.05) is 11.9 Å². The molecule has 0 aliphatic heterocycles. The number of hydrogen-bond donors (Lipinski definition) is 3. The molecular formula is C23H21FN6O. The first-order valence-corrected chi connectivity index (χ1v) is 10.1. The van der Waals surface area contributed by atoms with Crippen molar-refractivity contribution >= 4 is 22.4 Å². The standard InChI is InChI=1S/C23H21FN6O/c1-14(31)19-13-28-30-22(9-21(29-23(19)30)16-8-17(24)12-25-10-16)26-7-6-15-11-27-20-5-3-2-4-18(15)20/h2-5,8-14,26-27,31H,6-7H2,1H3/t14-/m0/s1. The molecule has 0 bridgehead atoms. The van der Waals surface area contributed by atoms with Gasteiger partial charge < -0.3 is 15.4 Å². The molecule has 156 valence electrons. The summed E-state index contributed by atoms with van der Waals surface area (Å²) in [6.45, 7) is 2.32. The SMILES string of the molecule is C[C@H](O)c1cnn2c(NCCc3c[nH]c4ccccc34)cc(-c3cncc(F)c3)nc12. The van der Waals surface area contributed by atoms with Crippen molar-refractivity contribution < 1.29 is 9.50 Å². The highest BCUT2D eigenvalue weighted by Crippen LogP contribution is 2.26. The lowest BCUT2D eigenvalue weighted by molar-refractivity contribution is 0.200. The molecule has 0 aliphatic carbocycles. The number of aromatic amines is 1. The number of rotatable bonds is 6. The quantitative estimate of drug-likeness (QED) is 0.387. The summed E-state index contributed by atoms with van der Waals surface area (Å²) < 4.78 is 15.4. The molecule has 4 heterocycles. The Labute approximate surface area is 177 Å². The van der Waals surface area contributed by atoms with Gasteiger partial charge in [0.05, 0.1) is 24.2 Å². The predicted octanol–water partition coefficient (Wildman–Crippen LogP) is 4.12. The summed E-state index contributed by atoms with van der Waals surface area (Å²) in [5, 5.41) is 19.1. The molecule has 5 aromatic rings. The molecule has 4 aromatic heterocycles. The van der Waals surface area contributed by atoms with Gasteiger partial charge in [0.2, 0.25) is 0 Å². The van der Waals surface area contributed by atoms with Crippen molar-refractivity contribution in [3.63, 3.8) is 0 Å². The van der Waals surface area contributed by atoms with Gasteiger partial charge in [-0.2, -0.15) is 9.61 Å². The zero-order chi connectivity index (χ0) is 21.4. The van der Waals surface area contributed by atoms with Gasteiger partial charge >= 0.3 is 0 Å². The van der Waals surface area contributed by atoms with Crippen LogP contribution in [0.25, 0.3) is 27.8 Å². The third kappa shape index (κ3) is 3.62. The van der Waals surface area contributed by atoms with E-state index in [0.717, 1.165) is 18.1 Å². The largest absolute Gasteiger partial charge is 0.389 e. The van der Waals surface area contributed by atoms with Crippen LogP contribution in [0.1, 0.15) is 24.2 Å². The fourth-order valence-electron chi connectivity index (χ4n) is 3.76. The normalized spacial score (nSPS) is 12.5. The van der Waals surface area contributed by atoms with Gasteiger partial charge in [-0.3, -0.25) is 4.98 Å². The Kier molecular flexibility index (Phi) is 4.83. The lowest BCUT2D eigenvalue weighted by atomic mass is 10.1. The van der Waals surface area contributed by atoms with E-state index in [2.05, 4.69) is 37.5 Å². The number of pyridine rings is 1. The summed E-state index contributed by atoms with van der Waals surface area (Å²) >= 11 is 0. The molecule has 31 heavy (non-hydrogen) atoms. The molecule has 0 unspecified atom stereocenters. The lowest BCUT2D eigenvalue weighted by Gasteiger charge is -2.12. The Bertz CT molecular complexity index is 1370. The van der Waals surface area contributed by atoms with E-state index in [1.165, 1.54) is 17.0 Å². The number of anilines is 1. The van der Waals surface area contributed by atoms with Crippen LogP contribution in [-0.4, -0.2) is 36.2 Å². The summed E-state index contributed by atoms with van der Waals surface area (Å²) in [6.07, 6.45) is 6.42. The van der Waals surface area contributed by atoms with Gasteiger partial charge in [-0.25, -0.2) is 9.37 Å². The summed E-state index contributed by atoms with van der Waals surface area (Å²) in [5.74, 6) is 0.272. The molecular weight excluding hydrogens is 395 g/mol. The van der Waals surface area contributed by atoms with Crippen molar-refractivity contribution in [3.05, 3.63) is 78.1 Å². The van der Waals surface area contributed by atoms with Crippen LogP contribution in [0, 0.1) is 5.82 Å². The molecule has 0 saturated heterocycles. The molecule has 1 atom stereocenters. The molecule has 8 heteroatoms. The van der Waals surface area contributed by atoms with E-state index in [1.54, 1.807) is 23.8 Å². The van der Waals surface area contributed by atoms with E-state index < -0.39 is 11.9 Å². The number of nitrogens with zero attached hydrogens (tertiary/aromatic N) is 4. The molecule has 0 amide bonds. The van der Waals surface area contributed by atoms with Crippen LogP contribution in [-0.2, 0) is 6.42 Å². The monoisotopic (exact) mass is 416 g/mol. The Balaban J connectivity index is 1.49. The number of halogens is 1. The number of aromatic nitrogens is 5. The van der Waals surface area contributed by atoms with Crippen molar-refractivity contribution in [1.29, 1.82) is 0 Å². The van der Waals surface area contributed by atoms with Crippen molar-refractivity contribution in [1.82, 2.24) is 24.6 Å². The summed E-state index contributed by atoms with van der Waals surface area (Å²) in [6, 6.07) is 11.4. The first-order chi connectivity index (χ1) is 15.1. The second kappa shape index (κ2) is 7.81. The van der Waals surface area contributed by atoms with Crippen LogP contribution >= 0.6 is 0 Å². The van der Waals surface area contributed by atoms with Crippen molar-refractivity contribution in [2.45, 2.75) is 19.4 Å². The smallest absolute Gasteiger partial charge is 0.163 e. The van der Waals surface area contributed by atoms with Gasteiger partial charge in [-0.1, -0.05) is 18.2 Å². The number of hydrogen-bond acceptors (Lipinski definition) is 5. The molecule has 0 saturated carbocycles. The predicted molar refractivity (Wildman–Crippen MR) is 117 cm³/mol. The third-order valence-corrected chi connectivity index (χ3v) is 5.33. The fourth-order valence-corrected chi connectivity index (χ4v) is 3.76. The highest BCUT2D eigenvalue weighted by Gasteiger charge is 2.16.